The third-order valence-corrected chi connectivity index (χ3v) is 1.82. The van der Waals surface area contributed by atoms with Crippen molar-refractivity contribution < 1.29 is 4.74 Å². The molecule has 0 saturated heterocycles. The summed E-state index contributed by atoms with van der Waals surface area (Å²) < 4.78 is 5.57. The first-order chi connectivity index (χ1) is 6.72. The molecule has 1 aromatic rings. The topological polar surface area (TPSA) is 21.3 Å². The molecule has 0 unspecified atom stereocenters. The third-order valence-electron chi connectivity index (χ3n) is 1.82. The summed E-state index contributed by atoms with van der Waals surface area (Å²) in [7, 11) is 0. The van der Waals surface area contributed by atoms with Crippen LogP contribution in [0, 0.1) is 5.92 Å². The van der Waals surface area contributed by atoms with Crippen LogP contribution in [-0.4, -0.2) is 13.2 Å². The van der Waals surface area contributed by atoms with Gasteiger partial charge in [0.05, 0.1) is 6.61 Å². The van der Waals surface area contributed by atoms with Gasteiger partial charge in [0.25, 0.3) is 0 Å². The Morgan fingerprint density at radius 2 is 1.86 bits per heavy atom. The highest BCUT2D eigenvalue weighted by molar-refractivity contribution is 5.46. The van der Waals surface area contributed by atoms with Crippen molar-refractivity contribution >= 4 is 5.69 Å². The molecule has 0 heterocycles. The first kappa shape index (κ1) is 10.9. The molecule has 0 radical (unpaired) electrons. The summed E-state index contributed by atoms with van der Waals surface area (Å²) in [6, 6.07) is 8.08. The van der Waals surface area contributed by atoms with Gasteiger partial charge in [0.15, 0.2) is 0 Å². The maximum atomic E-state index is 5.57. The van der Waals surface area contributed by atoms with Gasteiger partial charge in [0.1, 0.15) is 5.75 Å². The van der Waals surface area contributed by atoms with Gasteiger partial charge in [0.2, 0.25) is 0 Å². The Labute approximate surface area is 86.3 Å². The molecule has 0 bridgehead atoms. The minimum atomic E-state index is 0.573. The van der Waals surface area contributed by atoms with Crippen molar-refractivity contribution in [2.24, 2.45) is 5.92 Å². The van der Waals surface area contributed by atoms with Crippen molar-refractivity contribution in [3.63, 3.8) is 0 Å². The monoisotopic (exact) mass is 193 g/mol. The van der Waals surface area contributed by atoms with E-state index >= 15 is 0 Å². The zero-order chi connectivity index (χ0) is 10.4. The molecule has 14 heavy (non-hydrogen) atoms. The number of benzene rings is 1. The number of anilines is 1. The van der Waals surface area contributed by atoms with Gasteiger partial charge in [0, 0.05) is 12.2 Å². The minimum absolute atomic E-state index is 0.573. The van der Waals surface area contributed by atoms with Crippen LogP contribution in [0.25, 0.3) is 0 Å². The van der Waals surface area contributed by atoms with Crippen LogP contribution in [0.5, 0.6) is 5.75 Å². The van der Waals surface area contributed by atoms with E-state index in [4.69, 9.17) is 4.74 Å². The Bertz CT molecular complexity index is 254. The quantitative estimate of drug-likeness (QED) is 0.775. The lowest BCUT2D eigenvalue weighted by atomic mass is 10.2. The summed E-state index contributed by atoms with van der Waals surface area (Å²) >= 11 is 0. The van der Waals surface area contributed by atoms with Crippen molar-refractivity contribution in [3.05, 3.63) is 24.3 Å². The fourth-order valence-electron chi connectivity index (χ4n) is 1.14. The number of rotatable bonds is 5. The molecular weight excluding hydrogens is 174 g/mol. The Kier molecular flexibility index (Phi) is 4.30. The van der Waals surface area contributed by atoms with Gasteiger partial charge in [-0.05, 0) is 37.1 Å². The number of hydrogen-bond donors (Lipinski definition) is 1. The van der Waals surface area contributed by atoms with Crippen LogP contribution < -0.4 is 10.1 Å². The summed E-state index contributed by atoms with van der Waals surface area (Å²) in [4.78, 5) is 0. The standard InChI is InChI=1S/C12H19NO/c1-4-13-11-5-7-12(8-6-11)14-9-10(2)3/h5-8,10,13H,4,9H2,1-3H3. The highest BCUT2D eigenvalue weighted by Gasteiger charge is 1.96. The molecule has 0 aliphatic carbocycles. The van der Waals surface area contributed by atoms with Crippen LogP contribution >= 0.6 is 0 Å². The van der Waals surface area contributed by atoms with Crippen LogP contribution in [-0.2, 0) is 0 Å². The summed E-state index contributed by atoms with van der Waals surface area (Å²) in [5.41, 5.74) is 1.14. The lowest BCUT2D eigenvalue weighted by Gasteiger charge is -2.09. The molecule has 2 heteroatoms. The summed E-state index contributed by atoms with van der Waals surface area (Å²) in [5.74, 6) is 1.52. The molecule has 0 aromatic heterocycles. The fraction of sp³-hybridized carbons (Fsp3) is 0.500. The molecule has 2 nitrogen and oxygen atoms in total. The molecule has 1 N–H and O–H groups in total. The molecule has 0 amide bonds. The Morgan fingerprint density at radius 3 is 2.36 bits per heavy atom. The van der Waals surface area contributed by atoms with E-state index in [2.05, 4.69) is 26.1 Å². The lowest BCUT2D eigenvalue weighted by molar-refractivity contribution is 0.271. The summed E-state index contributed by atoms with van der Waals surface area (Å²) in [5, 5.41) is 3.24. The lowest BCUT2D eigenvalue weighted by Crippen LogP contribution is -2.04. The van der Waals surface area contributed by atoms with E-state index in [-0.39, 0.29) is 0 Å². The van der Waals surface area contributed by atoms with Gasteiger partial charge in [-0.15, -0.1) is 0 Å². The number of hydrogen-bond acceptors (Lipinski definition) is 2. The second-order valence-corrected chi connectivity index (χ2v) is 3.76. The van der Waals surface area contributed by atoms with Gasteiger partial charge in [-0.3, -0.25) is 0 Å². The van der Waals surface area contributed by atoms with Crippen LogP contribution in [0.15, 0.2) is 24.3 Å². The second-order valence-electron chi connectivity index (χ2n) is 3.76. The average molecular weight is 193 g/mol. The predicted molar refractivity (Wildman–Crippen MR) is 60.9 cm³/mol. The Balaban J connectivity index is 2.46. The SMILES string of the molecule is CCNc1ccc(OCC(C)C)cc1. The zero-order valence-electron chi connectivity index (χ0n) is 9.21. The van der Waals surface area contributed by atoms with Crippen molar-refractivity contribution in [1.29, 1.82) is 0 Å². The molecule has 0 fully saturated rings. The molecule has 0 aliphatic rings. The van der Waals surface area contributed by atoms with E-state index in [1.54, 1.807) is 0 Å². The molecule has 0 aliphatic heterocycles. The number of nitrogens with one attached hydrogen (secondary N) is 1. The van der Waals surface area contributed by atoms with E-state index in [1.165, 1.54) is 0 Å². The predicted octanol–water partition coefficient (Wildman–Crippen LogP) is 3.15. The van der Waals surface area contributed by atoms with Crippen LogP contribution in [0.3, 0.4) is 0 Å². The van der Waals surface area contributed by atoms with Crippen LogP contribution in [0.4, 0.5) is 5.69 Å². The maximum Gasteiger partial charge on any atom is 0.119 e. The Hall–Kier alpha value is -1.18. The molecule has 0 spiro atoms. The van der Waals surface area contributed by atoms with E-state index in [0.717, 1.165) is 24.6 Å². The number of ether oxygens (including phenoxy) is 1. The molecule has 0 saturated carbocycles. The molecular formula is C12H19NO. The van der Waals surface area contributed by atoms with Crippen LogP contribution in [0.2, 0.25) is 0 Å². The Morgan fingerprint density at radius 1 is 1.21 bits per heavy atom. The van der Waals surface area contributed by atoms with Gasteiger partial charge < -0.3 is 10.1 Å². The largest absolute Gasteiger partial charge is 0.493 e. The second kappa shape index (κ2) is 5.53. The maximum absolute atomic E-state index is 5.57. The highest BCUT2D eigenvalue weighted by Crippen LogP contribution is 2.15. The zero-order valence-corrected chi connectivity index (χ0v) is 9.21. The van der Waals surface area contributed by atoms with Crippen molar-refractivity contribution in [3.8, 4) is 5.75 Å². The van der Waals surface area contributed by atoms with E-state index in [0.29, 0.717) is 5.92 Å². The van der Waals surface area contributed by atoms with Crippen molar-refractivity contribution in [2.45, 2.75) is 20.8 Å². The minimum Gasteiger partial charge on any atom is -0.493 e. The smallest absolute Gasteiger partial charge is 0.119 e. The molecule has 1 aromatic carbocycles. The first-order valence-corrected chi connectivity index (χ1v) is 5.19. The molecule has 0 atom stereocenters. The van der Waals surface area contributed by atoms with Crippen LogP contribution in [0.1, 0.15) is 20.8 Å². The normalized spacial score (nSPS) is 10.3. The first-order valence-electron chi connectivity index (χ1n) is 5.19. The highest BCUT2D eigenvalue weighted by atomic mass is 16.5. The fourth-order valence-corrected chi connectivity index (χ4v) is 1.14. The summed E-state index contributed by atoms with van der Waals surface area (Å²) in [6.45, 7) is 8.11. The third kappa shape index (κ3) is 3.69. The van der Waals surface area contributed by atoms with E-state index in [9.17, 15) is 0 Å². The average Bonchev–Trinajstić information content (AvgIpc) is 2.17. The van der Waals surface area contributed by atoms with Crippen molar-refractivity contribution in [1.82, 2.24) is 0 Å². The van der Waals surface area contributed by atoms with E-state index in [1.807, 2.05) is 24.3 Å². The summed E-state index contributed by atoms with van der Waals surface area (Å²) in [6.07, 6.45) is 0. The van der Waals surface area contributed by atoms with Gasteiger partial charge in [-0.25, -0.2) is 0 Å². The van der Waals surface area contributed by atoms with Crippen molar-refractivity contribution in [2.75, 3.05) is 18.5 Å². The molecule has 78 valence electrons. The van der Waals surface area contributed by atoms with Gasteiger partial charge in [-0.2, -0.15) is 0 Å². The van der Waals surface area contributed by atoms with E-state index < -0.39 is 0 Å². The van der Waals surface area contributed by atoms with Gasteiger partial charge >= 0.3 is 0 Å². The van der Waals surface area contributed by atoms with Gasteiger partial charge in [-0.1, -0.05) is 13.8 Å². The molecule has 1 rings (SSSR count).